The summed E-state index contributed by atoms with van der Waals surface area (Å²) in [6, 6.07) is 20.5. The Labute approximate surface area is 115 Å². The molecule has 0 radical (unpaired) electrons. The fraction of sp³-hybridized carbons (Fsp3) is 0.294. The average Bonchev–Trinajstić information content (AvgIpc) is 2.47. The predicted molar refractivity (Wildman–Crippen MR) is 79.0 cm³/mol. The zero-order valence-corrected chi connectivity index (χ0v) is 11.3. The Kier molecular flexibility index (Phi) is 5.13. The Hall–Kier alpha value is -1.64. The third-order valence-corrected chi connectivity index (χ3v) is 3.23. The lowest BCUT2D eigenvalue weighted by atomic mass is 10.1. The van der Waals surface area contributed by atoms with Crippen molar-refractivity contribution in [2.24, 2.45) is 0 Å². The molecule has 2 atom stereocenters. The summed E-state index contributed by atoms with van der Waals surface area (Å²) in [5.74, 6) is 0. The van der Waals surface area contributed by atoms with Gasteiger partial charge in [-0.3, -0.25) is 0 Å². The van der Waals surface area contributed by atoms with Crippen LogP contribution in [0.4, 0.5) is 0 Å². The van der Waals surface area contributed by atoms with E-state index in [1.54, 1.807) is 0 Å². The smallest absolute Gasteiger partial charge is 0.0914 e. The molecular formula is C17H21NO. The summed E-state index contributed by atoms with van der Waals surface area (Å²) in [7, 11) is 0. The Morgan fingerprint density at radius 3 is 2.16 bits per heavy atom. The van der Waals surface area contributed by atoms with Gasteiger partial charge in [0.05, 0.1) is 6.10 Å². The summed E-state index contributed by atoms with van der Waals surface area (Å²) in [5.41, 5.74) is 2.28. The molecule has 0 amide bonds. The normalized spacial score (nSPS) is 14.0. The van der Waals surface area contributed by atoms with Gasteiger partial charge in [-0.2, -0.15) is 0 Å². The lowest BCUT2D eigenvalue weighted by Gasteiger charge is -2.17. The van der Waals surface area contributed by atoms with Gasteiger partial charge in [-0.25, -0.2) is 0 Å². The minimum absolute atomic E-state index is 0.348. The largest absolute Gasteiger partial charge is 0.387 e. The van der Waals surface area contributed by atoms with Gasteiger partial charge in [0.2, 0.25) is 0 Å². The van der Waals surface area contributed by atoms with Crippen LogP contribution in [0.2, 0.25) is 0 Å². The van der Waals surface area contributed by atoms with Gasteiger partial charge in [0.1, 0.15) is 0 Å². The first-order chi connectivity index (χ1) is 9.25. The van der Waals surface area contributed by atoms with Crippen LogP contribution in [0.1, 0.15) is 24.2 Å². The van der Waals surface area contributed by atoms with Crippen molar-refractivity contribution >= 4 is 0 Å². The molecule has 0 aliphatic rings. The Morgan fingerprint density at radius 1 is 0.947 bits per heavy atom. The van der Waals surface area contributed by atoms with Crippen molar-refractivity contribution < 1.29 is 5.11 Å². The highest BCUT2D eigenvalue weighted by Crippen LogP contribution is 2.11. The fourth-order valence-corrected chi connectivity index (χ4v) is 2.15. The van der Waals surface area contributed by atoms with Gasteiger partial charge in [0.15, 0.2) is 0 Å². The molecule has 2 nitrogen and oxygen atoms in total. The van der Waals surface area contributed by atoms with Gasteiger partial charge in [-0.05, 0) is 24.5 Å². The minimum atomic E-state index is -0.445. The first kappa shape index (κ1) is 13.8. The standard InChI is InChI=1S/C17H21NO/c1-14(12-15-8-4-2-5-9-15)18-13-17(19)16-10-6-3-7-11-16/h2-11,14,17-19H,12-13H2,1H3/t14?,17-/m0/s1. The van der Waals surface area contributed by atoms with Gasteiger partial charge < -0.3 is 10.4 Å². The molecule has 0 aliphatic heterocycles. The molecule has 2 heteroatoms. The van der Waals surface area contributed by atoms with E-state index in [-0.39, 0.29) is 0 Å². The quantitative estimate of drug-likeness (QED) is 0.832. The molecule has 0 saturated carbocycles. The van der Waals surface area contributed by atoms with Crippen LogP contribution in [0.3, 0.4) is 0 Å². The number of rotatable bonds is 6. The average molecular weight is 255 g/mol. The molecular weight excluding hydrogens is 234 g/mol. The lowest BCUT2D eigenvalue weighted by molar-refractivity contribution is 0.170. The van der Waals surface area contributed by atoms with E-state index < -0.39 is 6.10 Å². The molecule has 1 unspecified atom stereocenters. The highest BCUT2D eigenvalue weighted by Gasteiger charge is 2.09. The van der Waals surface area contributed by atoms with E-state index in [0.29, 0.717) is 12.6 Å². The second-order valence-corrected chi connectivity index (χ2v) is 4.93. The molecule has 2 rings (SSSR count). The molecule has 0 aromatic heterocycles. The lowest BCUT2D eigenvalue weighted by Crippen LogP contribution is -2.32. The molecule has 0 bridgehead atoms. The molecule has 19 heavy (non-hydrogen) atoms. The summed E-state index contributed by atoms with van der Waals surface area (Å²) < 4.78 is 0. The van der Waals surface area contributed by atoms with E-state index >= 15 is 0 Å². The third kappa shape index (κ3) is 4.51. The number of benzene rings is 2. The zero-order chi connectivity index (χ0) is 13.5. The van der Waals surface area contributed by atoms with Gasteiger partial charge in [-0.1, -0.05) is 60.7 Å². The molecule has 2 N–H and O–H groups in total. The SMILES string of the molecule is CC(Cc1ccccc1)NC[C@H](O)c1ccccc1. The Bertz CT molecular complexity index is 469. The molecule has 0 aliphatic carbocycles. The molecule has 2 aromatic carbocycles. The van der Waals surface area contributed by atoms with Crippen LogP contribution >= 0.6 is 0 Å². The van der Waals surface area contributed by atoms with Gasteiger partial charge in [0.25, 0.3) is 0 Å². The highest BCUT2D eigenvalue weighted by molar-refractivity contribution is 5.18. The fourth-order valence-electron chi connectivity index (χ4n) is 2.15. The Balaban J connectivity index is 1.79. The van der Waals surface area contributed by atoms with Crippen molar-refractivity contribution in [3.8, 4) is 0 Å². The van der Waals surface area contributed by atoms with E-state index in [0.717, 1.165) is 12.0 Å². The monoisotopic (exact) mass is 255 g/mol. The summed E-state index contributed by atoms with van der Waals surface area (Å²) in [4.78, 5) is 0. The highest BCUT2D eigenvalue weighted by atomic mass is 16.3. The van der Waals surface area contributed by atoms with Crippen LogP contribution in [0.5, 0.6) is 0 Å². The first-order valence-electron chi connectivity index (χ1n) is 6.76. The van der Waals surface area contributed by atoms with Crippen LogP contribution in [-0.2, 0) is 6.42 Å². The third-order valence-electron chi connectivity index (χ3n) is 3.23. The van der Waals surface area contributed by atoms with E-state index in [4.69, 9.17) is 0 Å². The second-order valence-electron chi connectivity index (χ2n) is 4.93. The van der Waals surface area contributed by atoms with Crippen molar-refractivity contribution in [3.63, 3.8) is 0 Å². The second kappa shape index (κ2) is 7.07. The van der Waals surface area contributed by atoms with Crippen LogP contribution in [0, 0.1) is 0 Å². The summed E-state index contributed by atoms with van der Waals surface area (Å²) >= 11 is 0. The van der Waals surface area contributed by atoms with Crippen molar-refractivity contribution in [1.82, 2.24) is 5.32 Å². The number of aliphatic hydroxyl groups excluding tert-OH is 1. The number of aliphatic hydroxyl groups is 1. The van der Waals surface area contributed by atoms with Crippen molar-refractivity contribution in [3.05, 3.63) is 71.8 Å². The zero-order valence-electron chi connectivity index (χ0n) is 11.3. The molecule has 0 heterocycles. The first-order valence-corrected chi connectivity index (χ1v) is 6.76. The maximum Gasteiger partial charge on any atom is 0.0914 e. The van der Waals surface area contributed by atoms with Crippen LogP contribution < -0.4 is 5.32 Å². The minimum Gasteiger partial charge on any atom is -0.387 e. The number of nitrogens with one attached hydrogen (secondary N) is 1. The maximum absolute atomic E-state index is 10.1. The van der Waals surface area contributed by atoms with Crippen LogP contribution in [0.25, 0.3) is 0 Å². The number of hydrogen-bond donors (Lipinski definition) is 2. The van der Waals surface area contributed by atoms with Crippen molar-refractivity contribution in [2.45, 2.75) is 25.5 Å². The summed E-state index contributed by atoms with van der Waals surface area (Å²) in [6.07, 6.45) is 0.530. The van der Waals surface area contributed by atoms with Crippen molar-refractivity contribution in [1.29, 1.82) is 0 Å². The van der Waals surface area contributed by atoms with E-state index in [1.807, 2.05) is 36.4 Å². The van der Waals surface area contributed by atoms with E-state index in [1.165, 1.54) is 5.56 Å². The van der Waals surface area contributed by atoms with Crippen molar-refractivity contribution in [2.75, 3.05) is 6.54 Å². The maximum atomic E-state index is 10.1. The molecule has 100 valence electrons. The van der Waals surface area contributed by atoms with Gasteiger partial charge >= 0.3 is 0 Å². The molecule has 0 saturated heterocycles. The Morgan fingerprint density at radius 2 is 1.53 bits per heavy atom. The molecule has 0 fully saturated rings. The topological polar surface area (TPSA) is 32.3 Å². The van der Waals surface area contributed by atoms with Crippen LogP contribution in [-0.4, -0.2) is 17.7 Å². The summed E-state index contributed by atoms with van der Waals surface area (Å²) in [6.45, 7) is 2.72. The van der Waals surface area contributed by atoms with Gasteiger partial charge in [0, 0.05) is 12.6 Å². The summed E-state index contributed by atoms with van der Waals surface area (Å²) in [5, 5.41) is 13.5. The molecule has 0 spiro atoms. The predicted octanol–water partition coefficient (Wildman–Crippen LogP) is 2.94. The van der Waals surface area contributed by atoms with E-state index in [9.17, 15) is 5.11 Å². The molecule has 2 aromatic rings. The van der Waals surface area contributed by atoms with Gasteiger partial charge in [-0.15, -0.1) is 0 Å². The number of hydrogen-bond acceptors (Lipinski definition) is 2. The van der Waals surface area contributed by atoms with E-state index in [2.05, 4.69) is 36.5 Å². The van der Waals surface area contributed by atoms with Crippen LogP contribution in [0.15, 0.2) is 60.7 Å².